The van der Waals surface area contributed by atoms with Gasteiger partial charge in [-0.25, -0.2) is 14.6 Å². The van der Waals surface area contributed by atoms with Crippen LogP contribution in [-0.4, -0.2) is 55.7 Å². The lowest BCUT2D eigenvalue weighted by atomic mass is 10.2. The molecule has 8 nitrogen and oxygen atoms in total. The summed E-state index contributed by atoms with van der Waals surface area (Å²) in [6, 6.07) is 10.5. The molecule has 1 aromatic carbocycles. The minimum atomic E-state index is 0.0490. The van der Waals surface area contributed by atoms with Gasteiger partial charge in [0.25, 0.3) is 0 Å². The third kappa shape index (κ3) is 3.50. The quantitative estimate of drug-likeness (QED) is 0.733. The number of nitrogen functional groups attached to an aromatic ring is 1. The van der Waals surface area contributed by atoms with Crippen LogP contribution in [0.3, 0.4) is 0 Å². The molecule has 140 valence electrons. The number of rotatable bonds is 5. The molecule has 1 aliphatic carbocycles. The fraction of sp³-hybridized carbons (Fsp3) is 0.474. The first-order chi connectivity index (χ1) is 13.3. The van der Waals surface area contributed by atoms with Crippen LogP contribution in [0.2, 0.25) is 0 Å². The molecule has 1 atom stereocenters. The molecule has 0 amide bonds. The monoisotopic (exact) mass is 365 g/mol. The molecule has 2 aliphatic rings. The van der Waals surface area contributed by atoms with Crippen LogP contribution >= 0.6 is 0 Å². The molecular weight excluding hydrogens is 342 g/mol. The Hall–Kier alpha value is -2.58. The highest BCUT2D eigenvalue weighted by Crippen LogP contribution is 2.38. The van der Waals surface area contributed by atoms with Crippen molar-refractivity contribution < 1.29 is 4.74 Å². The molecule has 3 heterocycles. The van der Waals surface area contributed by atoms with Gasteiger partial charge in [-0.3, -0.25) is 4.90 Å². The third-order valence-electron chi connectivity index (χ3n) is 5.20. The van der Waals surface area contributed by atoms with Crippen molar-refractivity contribution in [2.75, 3.05) is 25.4 Å². The zero-order valence-corrected chi connectivity index (χ0v) is 15.2. The summed E-state index contributed by atoms with van der Waals surface area (Å²) in [5.41, 5.74) is 8.68. The lowest BCUT2D eigenvalue weighted by Gasteiger charge is -2.32. The summed E-state index contributed by atoms with van der Waals surface area (Å²) >= 11 is 0. The fourth-order valence-electron chi connectivity index (χ4n) is 3.61. The minimum absolute atomic E-state index is 0.0490. The van der Waals surface area contributed by atoms with Gasteiger partial charge < -0.3 is 10.5 Å². The van der Waals surface area contributed by atoms with Crippen molar-refractivity contribution in [3.05, 3.63) is 41.7 Å². The van der Waals surface area contributed by atoms with Crippen LogP contribution in [0.15, 0.2) is 30.3 Å². The zero-order valence-electron chi connectivity index (χ0n) is 15.2. The maximum atomic E-state index is 6.07. The van der Waals surface area contributed by atoms with Gasteiger partial charge in [0.2, 0.25) is 0 Å². The van der Waals surface area contributed by atoms with Gasteiger partial charge in [0.15, 0.2) is 17.0 Å². The van der Waals surface area contributed by atoms with Crippen LogP contribution in [0.1, 0.15) is 30.1 Å². The molecule has 0 bridgehead atoms. The largest absolute Gasteiger partial charge is 0.382 e. The Labute approximate surface area is 157 Å². The van der Waals surface area contributed by atoms with E-state index in [0.29, 0.717) is 36.1 Å². The van der Waals surface area contributed by atoms with Crippen molar-refractivity contribution in [2.45, 2.75) is 38.0 Å². The Morgan fingerprint density at radius 3 is 2.81 bits per heavy atom. The Morgan fingerprint density at radius 2 is 2.00 bits per heavy atom. The van der Waals surface area contributed by atoms with Crippen LogP contribution in [0, 0.1) is 0 Å². The molecule has 2 fully saturated rings. The van der Waals surface area contributed by atoms with Crippen molar-refractivity contribution in [3.8, 4) is 0 Å². The first kappa shape index (κ1) is 16.6. The van der Waals surface area contributed by atoms with E-state index in [4.69, 9.17) is 10.5 Å². The molecule has 2 N–H and O–H groups in total. The molecule has 1 aliphatic heterocycles. The van der Waals surface area contributed by atoms with Crippen molar-refractivity contribution in [3.63, 3.8) is 0 Å². The number of fused-ring (bicyclic) bond motifs is 1. The minimum Gasteiger partial charge on any atom is -0.382 e. The number of ether oxygens (including phenoxy) is 1. The van der Waals surface area contributed by atoms with E-state index in [0.717, 1.165) is 38.3 Å². The summed E-state index contributed by atoms with van der Waals surface area (Å²) in [5, 5.41) is 8.45. The molecule has 1 saturated carbocycles. The van der Waals surface area contributed by atoms with Gasteiger partial charge in [0, 0.05) is 25.6 Å². The van der Waals surface area contributed by atoms with E-state index in [1.54, 1.807) is 0 Å². The Bertz CT molecular complexity index is 938. The molecule has 0 radical (unpaired) electrons. The van der Waals surface area contributed by atoms with Gasteiger partial charge in [-0.05, 0) is 18.4 Å². The number of benzene rings is 1. The number of hydrogen-bond donors (Lipinski definition) is 1. The second kappa shape index (κ2) is 6.86. The van der Waals surface area contributed by atoms with E-state index < -0.39 is 0 Å². The average molecular weight is 365 g/mol. The highest BCUT2D eigenvalue weighted by Gasteiger charge is 2.29. The molecule has 8 heteroatoms. The maximum absolute atomic E-state index is 6.07. The van der Waals surface area contributed by atoms with Crippen molar-refractivity contribution in [1.29, 1.82) is 0 Å². The van der Waals surface area contributed by atoms with E-state index in [9.17, 15) is 0 Å². The number of anilines is 1. The molecule has 1 saturated heterocycles. The predicted octanol–water partition coefficient (Wildman–Crippen LogP) is 1.58. The lowest BCUT2D eigenvalue weighted by molar-refractivity contribution is -0.0399. The molecule has 27 heavy (non-hydrogen) atoms. The molecular formula is C19H23N7O. The van der Waals surface area contributed by atoms with Crippen LogP contribution in [0.4, 0.5) is 5.82 Å². The lowest BCUT2D eigenvalue weighted by Crippen LogP contribution is -2.43. The Balaban J connectivity index is 1.32. The second-order valence-electron chi connectivity index (χ2n) is 7.40. The van der Waals surface area contributed by atoms with Gasteiger partial charge in [-0.15, -0.1) is 5.10 Å². The van der Waals surface area contributed by atoms with E-state index in [-0.39, 0.29) is 6.10 Å². The number of hydrogen-bond acceptors (Lipinski definition) is 7. The van der Waals surface area contributed by atoms with Crippen molar-refractivity contribution in [2.24, 2.45) is 0 Å². The van der Waals surface area contributed by atoms with Crippen molar-refractivity contribution in [1.82, 2.24) is 29.9 Å². The molecule has 5 rings (SSSR count). The van der Waals surface area contributed by atoms with Crippen molar-refractivity contribution >= 4 is 17.0 Å². The maximum Gasteiger partial charge on any atom is 0.184 e. The summed E-state index contributed by atoms with van der Waals surface area (Å²) < 4.78 is 7.80. The Morgan fingerprint density at radius 1 is 1.15 bits per heavy atom. The average Bonchev–Trinajstić information content (AvgIpc) is 3.45. The topological polar surface area (TPSA) is 95.0 Å². The van der Waals surface area contributed by atoms with Crippen LogP contribution in [0.25, 0.3) is 11.2 Å². The highest BCUT2D eigenvalue weighted by molar-refractivity contribution is 5.80. The normalized spacial score (nSPS) is 21.0. The van der Waals surface area contributed by atoms with E-state index in [2.05, 4.69) is 49.4 Å². The van der Waals surface area contributed by atoms with Gasteiger partial charge >= 0.3 is 0 Å². The molecule has 3 aromatic rings. The standard InChI is InChI=1S/C19H23N7O/c20-17-16-19(22-18(21-17)14-6-7-14)26(24-23-16)12-15-11-25(8-9-27-15)10-13-4-2-1-3-5-13/h1-5,14-15H,6-12H2,(H2,20,21,22). The first-order valence-corrected chi connectivity index (χ1v) is 9.51. The zero-order chi connectivity index (χ0) is 18.2. The van der Waals surface area contributed by atoms with E-state index >= 15 is 0 Å². The number of nitrogens with two attached hydrogens (primary N) is 1. The van der Waals surface area contributed by atoms with Gasteiger partial charge in [0.1, 0.15) is 5.82 Å². The van der Waals surface area contributed by atoms with Gasteiger partial charge in [-0.1, -0.05) is 35.5 Å². The summed E-state index contributed by atoms with van der Waals surface area (Å²) in [4.78, 5) is 11.5. The van der Waals surface area contributed by atoms with Crippen LogP contribution in [0.5, 0.6) is 0 Å². The summed E-state index contributed by atoms with van der Waals surface area (Å²) in [7, 11) is 0. The van der Waals surface area contributed by atoms with Crippen LogP contribution < -0.4 is 5.73 Å². The second-order valence-corrected chi connectivity index (χ2v) is 7.40. The predicted molar refractivity (Wildman–Crippen MR) is 101 cm³/mol. The SMILES string of the molecule is Nc1nc(C2CC2)nc2c1nnn2CC1CN(Cc2ccccc2)CCO1. The number of aromatic nitrogens is 5. The van der Waals surface area contributed by atoms with Crippen LogP contribution in [-0.2, 0) is 17.8 Å². The third-order valence-corrected chi connectivity index (χ3v) is 5.20. The van der Waals surface area contributed by atoms with E-state index in [1.165, 1.54) is 5.56 Å². The summed E-state index contributed by atoms with van der Waals surface area (Å²) in [6.45, 7) is 4.05. The number of nitrogens with zero attached hydrogens (tertiary/aromatic N) is 6. The fourth-order valence-corrected chi connectivity index (χ4v) is 3.61. The van der Waals surface area contributed by atoms with Gasteiger partial charge in [-0.2, -0.15) is 0 Å². The molecule has 2 aromatic heterocycles. The molecule has 0 spiro atoms. The number of morpholine rings is 1. The Kier molecular flexibility index (Phi) is 4.21. The summed E-state index contributed by atoms with van der Waals surface area (Å²) in [6.07, 6.45) is 2.31. The molecule has 1 unspecified atom stereocenters. The van der Waals surface area contributed by atoms with Gasteiger partial charge in [0.05, 0.1) is 19.3 Å². The first-order valence-electron chi connectivity index (χ1n) is 9.51. The smallest absolute Gasteiger partial charge is 0.184 e. The highest BCUT2D eigenvalue weighted by atomic mass is 16.5. The van der Waals surface area contributed by atoms with E-state index in [1.807, 2.05) is 10.7 Å². The summed E-state index contributed by atoms with van der Waals surface area (Å²) in [5.74, 6) is 1.68.